The molecular formula is C30H37ClN2O4S. The number of nitrogens with zero attached hydrogens (tertiary/aromatic N) is 1. The topological polar surface area (TPSA) is 67.9 Å². The average Bonchev–Trinajstić information content (AvgIpc) is 3.22. The van der Waals surface area contributed by atoms with Gasteiger partial charge in [-0.15, -0.1) is 11.3 Å². The number of fused-ring (bicyclic) bond motifs is 1. The van der Waals surface area contributed by atoms with Crippen LogP contribution in [0.3, 0.4) is 0 Å². The van der Waals surface area contributed by atoms with E-state index in [1.54, 1.807) is 0 Å². The highest BCUT2D eigenvalue weighted by Crippen LogP contribution is 2.38. The fourth-order valence-electron chi connectivity index (χ4n) is 4.96. The van der Waals surface area contributed by atoms with Gasteiger partial charge in [-0.05, 0) is 65.5 Å². The second kappa shape index (κ2) is 12.5. The third-order valence-corrected chi connectivity index (χ3v) is 8.36. The van der Waals surface area contributed by atoms with Crippen LogP contribution in [0.4, 0.5) is 0 Å². The Labute approximate surface area is 234 Å². The van der Waals surface area contributed by atoms with Gasteiger partial charge in [-0.2, -0.15) is 0 Å². The minimum atomic E-state index is -0.497. The van der Waals surface area contributed by atoms with Crippen molar-refractivity contribution < 1.29 is 19.1 Å². The number of para-hydroxylation sites is 1. The third kappa shape index (κ3) is 7.07. The Morgan fingerprint density at radius 3 is 2.42 bits per heavy atom. The Hall–Kier alpha value is -2.61. The Morgan fingerprint density at radius 2 is 1.74 bits per heavy atom. The van der Waals surface area contributed by atoms with E-state index in [1.165, 1.54) is 11.3 Å². The summed E-state index contributed by atoms with van der Waals surface area (Å²) in [7, 11) is 0. The number of rotatable bonds is 9. The summed E-state index contributed by atoms with van der Waals surface area (Å²) in [6.07, 6.45) is 3.39. The summed E-state index contributed by atoms with van der Waals surface area (Å²) in [5, 5.41) is 4.78. The molecule has 38 heavy (non-hydrogen) atoms. The molecule has 1 amide bonds. The van der Waals surface area contributed by atoms with Crippen molar-refractivity contribution >= 4 is 44.9 Å². The van der Waals surface area contributed by atoms with E-state index < -0.39 is 5.60 Å². The number of thiophene rings is 1. The number of benzene rings is 2. The number of hydrogen-bond acceptors (Lipinski definition) is 6. The predicted molar refractivity (Wildman–Crippen MR) is 154 cm³/mol. The first-order valence-corrected chi connectivity index (χ1v) is 14.5. The molecular weight excluding hydrogens is 520 g/mol. The molecule has 2 aromatic carbocycles. The molecule has 204 valence electrons. The maximum atomic E-state index is 14.1. The molecule has 0 aliphatic heterocycles. The van der Waals surface area contributed by atoms with Crippen LogP contribution in [0.5, 0.6) is 5.75 Å². The van der Waals surface area contributed by atoms with Gasteiger partial charge in [0, 0.05) is 34.3 Å². The van der Waals surface area contributed by atoms with Crippen LogP contribution >= 0.6 is 22.9 Å². The number of amides is 1. The van der Waals surface area contributed by atoms with Crippen molar-refractivity contribution in [2.45, 2.75) is 77.6 Å². The van der Waals surface area contributed by atoms with Crippen LogP contribution in [0.1, 0.15) is 68.6 Å². The van der Waals surface area contributed by atoms with E-state index in [4.69, 9.17) is 21.1 Å². The SMILES string of the molecule is CCOc1ccccc1CN(C(=O)c1sc2ccccc2c1Cl)C1CCC(NCC(=O)OC(C)(C)C)CC1. The van der Waals surface area contributed by atoms with E-state index in [0.717, 1.165) is 47.1 Å². The number of esters is 1. The highest BCUT2D eigenvalue weighted by molar-refractivity contribution is 7.21. The van der Waals surface area contributed by atoms with Gasteiger partial charge < -0.3 is 19.7 Å². The molecule has 4 rings (SSSR count). The number of carbonyl (C=O) groups excluding carboxylic acids is 2. The summed E-state index contributed by atoms with van der Waals surface area (Å²) >= 11 is 8.19. The van der Waals surface area contributed by atoms with Crippen molar-refractivity contribution in [3.63, 3.8) is 0 Å². The molecule has 0 radical (unpaired) electrons. The maximum Gasteiger partial charge on any atom is 0.320 e. The molecule has 3 aromatic rings. The van der Waals surface area contributed by atoms with Crippen molar-refractivity contribution in [1.82, 2.24) is 10.2 Å². The Balaban J connectivity index is 1.52. The zero-order chi connectivity index (χ0) is 27.3. The van der Waals surface area contributed by atoms with Gasteiger partial charge in [-0.1, -0.05) is 48.0 Å². The van der Waals surface area contributed by atoms with Crippen molar-refractivity contribution in [1.29, 1.82) is 0 Å². The minimum absolute atomic E-state index is 0.0485. The fourth-order valence-corrected chi connectivity index (χ4v) is 6.43. The quantitative estimate of drug-likeness (QED) is 0.292. The van der Waals surface area contributed by atoms with E-state index in [0.29, 0.717) is 23.1 Å². The van der Waals surface area contributed by atoms with Crippen LogP contribution in [0, 0.1) is 0 Å². The van der Waals surface area contributed by atoms with Crippen molar-refractivity contribution in [3.8, 4) is 5.75 Å². The Morgan fingerprint density at radius 1 is 1.05 bits per heavy atom. The largest absolute Gasteiger partial charge is 0.494 e. The number of ether oxygens (including phenoxy) is 2. The van der Waals surface area contributed by atoms with Crippen molar-refractivity contribution in [2.24, 2.45) is 0 Å². The number of carbonyl (C=O) groups is 2. The average molecular weight is 557 g/mol. The zero-order valence-corrected chi connectivity index (χ0v) is 24.2. The van der Waals surface area contributed by atoms with Crippen molar-refractivity contribution in [3.05, 3.63) is 64.0 Å². The highest BCUT2D eigenvalue weighted by atomic mass is 35.5. The fraction of sp³-hybridized carbons (Fsp3) is 0.467. The summed E-state index contributed by atoms with van der Waals surface area (Å²) in [5.41, 5.74) is 0.480. The maximum absolute atomic E-state index is 14.1. The van der Waals surface area contributed by atoms with Crippen LogP contribution in [0.15, 0.2) is 48.5 Å². The predicted octanol–water partition coefficient (Wildman–Crippen LogP) is 6.84. The molecule has 0 bridgehead atoms. The lowest BCUT2D eigenvalue weighted by molar-refractivity contribution is -0.153. The molecule has 6 nitrogen and oxygen atoms in total. The monoisotopic (exact) mass is 556 g/mol. The summed E-state index contributed by atoms with van der Waals surface area (Å²) in [4.78, 5) is 28.8. The van der Waals surface area contributed by atoms with E-state index in [-0.39, 0.29) is 30.5 Å². The number of hydrogen-bond donors (Lipinski definition) is 1. The number of nitrogens with one attached hydrogen (secondary N) is 1. The lowest BCUT2D eigenvalue weighted by Crippen LogP contribution is -2.46. The van der Waals surface area contributed by atoms with Gasteiger partial charge in [0.05, 0.1) is 18.2 Å². The zero-order valence-electron chi connectivity index (χ0n) is 22.6. The summed E-state index contributed by atoms with van der Waals surface area (Å²) in [6, 6.07) is 16.0. The summed E-state index contributed by atoms with van der Waals surface area (Å²) in [5.74, 6) is 0.499. The van der Waals surface area contributed by atoms with Crippen LogP contribution in [0.25, 0.3) is 10.1 Å². The second-order valence-corrected chi connectivity index (χ2v) is 12.1. The lowest BCUT2D eigenvalue weighted by atomic mass is 9.89. The van der Waals surface area contributed by atoms with Crippen LogP contribution in [0.2, 0.25) is 5.02 Å². The molecule has 0 unspecified atom stereocenters. The Kier molecular flexibility index (Phi) is 9.34. The van der Waals surface area contributed by atoms with Gasteiger partial charge in [0.15, 0.2) is 0 Å². The minimum Gasteiger partial charge on any atom is -0.494 e. The molecule has 1 aromatic heterocycles. The summed E-state index contributed by atoms with van der Waals surface area (Å²) < 4.78 is 12.3. The van der Waals surface area contributed by atoms with E-state index in [1.807, 2.05) is 81.1 Å². The van der Waals surface area contributed by atoms with Crippen molar-refractivity contribution in [2.75, 3.05) is 13.2 Å². The molecule has 0 atom stereocenters. The normalized spacial score (nSPS) is 17.8. The first kappa shape index (κ1) is 28.4. The standard InChI is InChI=1S/C30H37ClN2O4S/c1-5-36-24-12-8-6-10-20(24)19-33(29(35)28-27(31)23-11-7-9-13-25(23)38-28)22-16-14-21(15-17-22)32-18-26(34)37-30(2,3)4/h6-13,21-22,32H,5,14-19H2,1-4H3. The first-order valence-electron chi connectivity index (χ1n) is 13.3. The molecule has 1 aliphatic carbocycles. The molecule has 1 N–H and O–H groups in total. The first-order chi connectivity index (χ1) is 18.2. The number of halogens is 1. The van der Waals surface area contributed by atoms with Gasteiger partial charge in [0.2, 0.25) is 0 Å². The van der Waals surface area contributed by atoms with Gasteiger partial charge in [-0.3, -0.25) is 9.59 Å². The van der Waals surface area contributed by atoms with Gasteiger partial charge in [-0.25, -0.2) is 0 Å². The molecule has 8 heteroatoms. The van der Waals surface area contributed by atoms with Crippen LogP contribution in [-0.2, 0) is 16.1 Å². The van der Waals surface area contributed by atoms with E-state index >= 15 is 0 Å². The Bertz CT molecular complexity index is 1260. The van der Waals surface area contributed by atoms with Crippen LogP contribution in [-0.4, -0.2) is 47.6 Å². The molecule has 1 fully saturated rings. The van der Waals surface area contributed by atoms with E-state index in [2.05, 4.69) is 5.32 Å². The lowest BCUT2D eigenvalue weighted by Gasteiger charge is -2.37. The summed E-state index contributed by atoms with van der Waals surface area (Å²) in [6.45, 7) is 8.76. The molecule has 0 saturated heterocycles. The smallest absolute Gasteiger partial charge is 0.320 e. The molecule has 0 spiro atoms. The third-order valence-electron chi connectivity index (χ3n) is 6.70. The highest BCUT2D eigenvalue weighted by Gasteiger charge is 2.32. The second-order valence-electron chi connectivity index (χ2n) is 10.7. The van der Waals surface area contributed by atoms with Crippen LogP contribution < -0.4 is 10.1 Å². The molecule has 1 heterocycles. The molecule has 1 aliphatic rings. The van der Waals surface area contributed by atoms with Gasteiger partial charge in [0.1, 0.15) is 16.2 Å². The molecule has 1 saturated carbocycles. The van der Waals surface area contributed by atoms with Gasteiger partial charge in [0.25, 0.3) is 5.91 Å². The van der Waals surface area contributed by atoms with E-state index in [9.17, 15) is 9.59 Å². The van der Waals surface area contributed by atoms with Gasteiger partial charge >= 0.3 is 5.97 Å².